The van der Waals surface area contributed by atoms with E-state index >= 15 is 0 Å². The molecule has 2 aromatic carbocycles. The molecule has 11 heteroatoms. The number of azide groups is 1. The van der Waals surface area contributed by atoms with Crippen LogP contribution in [-0.4, -0.2) is 20.9 Å². The molecule has 0 fully saturated rings. The first-order valence-corrected chi connectivity index (χ1v) is 8.80. The fourth-order valence-corrected chi connectivity index (χ4v) is 2.87. The Balaban J connectivity index is 1.98. The molecular formula is C14H10Cl2N4O4S. The maximum absolute atomic E-state index is 11.9. The number of halogens is 2. The summed E-state index contributed by atoms with van der Waals surface area (Å²) < 4.78 is 31.1. The van der Waals surface area contributed by atoms with Gasteiger partial charge in [-0.3, -0.25) is 4.79 Å². The molecule has 0 aliphatic heterocycles. The summed E-state index contributed by atoms with van der Waals surface area (Å²) in [7, 11) is -4.06. The summed E-state index contributed by atoms with van der Waals surface area (Å²) in [5.41, 5.74) is 8.56. The number of hydrogen-bond acceptors (Lipinski definition) is 4. The van der Waals surface area contributed by atoms with E-state index in [0.29, 0.717) is 16.5 Å². The van der Waals surface area contributed by atoms with Gasteiger partial charge < -0.3 is 10.1 Å². The fraction of sp³-hybridized carbons (Fsp3) is 0.0714. The van der Waals surface area contributed by atoms with Gasteiger partial charge in [-0.1, -0.05) is 23.2 Å². The SMILES string of the molecule is [N-]=[N+]=NS(=O)(=O)c1ccc(NC(=O)COc2ccc(Cl)cc2Cl)cc1. The zero-order valence-corrected chi connectivity index (χ0v) is 14.7. The molecule has 8 nitrogen and oxygen atoms in total. The number of anilines is 1. The minimum absolute atomic E-state index is 0.188. The Bertz CT molecular complexity index is 942. The summed E-state index contributed by atoms with van der Waals surface area (Å²) in [5, 5.41) is 3.24. The molecule has 2 rings (SSSR count). The van der Waals surface area contributed by atoms with Crippen LogP contribution in [0.1, 0.15) is 0 Å². The second kappa shape index (κ2) is 8.09. The lowest BCUT2D eigenvalue weighted by atomic mass is 10.3. The number of carbonyl (C=O) groups is 1. The lowest BCUT2D eigenvalue weighted by Crippen LogP contribution is -2.20. The maximum atomic E-state index is 11.9. The quantitative estimate of drug-likeness (QED) is 0.446. The molecule has 1 N–H and O–H groups in total. The Labute approximate surface area is 153 Å². The molecule has 0 aliphatic carbocycles. The smallest absolute Gasteiger partial charge is 0.264 e. The Hall–Kier alpha value is -2.45. The van der Waals surface area contributed by atoms with E-state index < -0.39 is 15.9 Å². The van der Waals surface area contributed by atoms with Crippen molar-refractivity contribution in [1.82, 2.24) is 0 Å². The normalized spacial score (nSPS) is 10.6. The summed E-state index contributed by atoms with van der Waals surface area (Å²) in [5.74, 6) is -0.173. The van der Waals surface area contributed by atoms with Crippen molar-refractivity contribution in [3.05, 3.63) is 63.0 Å². The molecule has 0 heterocycles. The third-order valence-corrected chi connectivity index (χ3v) is 4.52. The van der Waals surface area contributed by atoms with Crippen molar-refractivity contribution in [3.63, 3.8) is 0 Å². The third kappa shape index (κ3) is 5.27. The van der Waals surface area contributed by atoms with Gasteiger partial charge in [0.2, 0.25) is 0 Å². The highest BCUT2D eigenvalue weighted by molar-refractivity contribution is 7.90. The van der Waals surface area contributed by atoms with Gasteiger partial charge in [0, 0.05) is 20.1 Å². The van der Waals surface area contributed by atoms with Crippen molar-refractivity contribution in [2.45, 2.75) is 4.90 Å². The number of sulfonamides is 1. The standard InChI is InChI=1S/C14H10Cl2N4O4S/c15-9-1-6-13(12(16)7-9)24-8-14(21)18-10-2-4-11(5-3-10)25(22,23)20-19-17/h1-7H,8H2,(H,18,21). The Morgan fingerprint density at radius 3 is 2.48 bits per heavy atom. The van der Waals surface area contributed by atoms with Crippen LogP contribution in [-0.2, 0) is 14.8 Å². The molecule has 0 atom stereocenters. The average molecular weight is 401 g/mol. The molecule has 0 spiro atoms. The van der Waals surface area contributed by atoms with Crippen molar-refractivity contribution in [2.24, 2.45) is 4.52 Å². The predicted octanol–water partition coefficient (Wildman–Crippen LogP) is 4.01. The van der Waals surface area contributed by atoms with Crippen LogP contribution in [0.2, 0.25) is 10.0 Å². The molecule has 2 aromatic rings. The highest BCUT2D eigenvalue weighted by atomic mass is 35.5. The van der Waals surface area contributed by atoms with Crippen molar-refractivity contribution in [1.29, 1.82) is 0 Å². The van der Waals surface area contributed by atoms with Gasteiger partial charge in [-0.15, -0.1) is 0 Å². The van der Waals surface area contributed by atoms with E-state index in [1.165, 1.54) is 36.4 Å². The summed E-state index contributed by atoms with van der Waals surface area (Å²) in [4.78, 5) is 13.9. The molecule has 0 radical (unpaired) electrons. The number of nitrogens with zero attached hydrogens (tertiary/aromatic N) is 3. The number of hydrogen-bond donors (Lipinski definition) is 1. The molecule has 1 amide bonds. The monoisotopic (exact) mass is 400 g/mol. The van der Waals surface area contributed by atoms with Crippen LogP contribution in [0.3, 0.4) is 0 Å². The molecular weight excluding hydrogens is 391 g/mol. The molecule has 0 aliphatic rings. The van der Waals surface area contributed by atoms with Crippen LogP contribution in [0.4, 0.5) is 5.69 Å². The van der Waals surface area contributed by atoms with E-state index in [9.17, 15) is 13.2 Å². The van der Waals surface area contributed by atoms with E-state index in [0.717, 1.165) is 0 Å². The highest BCUT2D eigenvalue weighted by Gasteiger charge is 2.12. The van der Waals surface area contributed by atoms with E-state index in [-0.39, 0.29) is 16.5 Å². The minimum Gasteiger partial charge on any atom is -0.482 e. The zero-order chi connectivity index (χ0) is 18.4. The first-order chi connectivity index (χ1) is 11.8. The summed E-state index contributed by atoms with van der Waals surface area (Å²) >= 11 is 11.7. The van der Waals surface area contributed by atoms with Gasteiger partial charge in [-0.05, 0) is 48.0 Å². The zero-order valence-electron chi connectivity index (χ0n) is 12.4. The largest absolute Gasteiger partial charge is 0.482 e. The number of nitrogens with one attached hydrogen (secondary N) is 1. The topological polar surface area (TPSA) is 121 Å². The van der Waals surface area contributed by atoms with Crippen LogP contribution < -0.4 is 10.1 Å². The van der Waals surface area contributed by atoms with Gasteiger partial charge in [0.05, 0.1) is 9.92 Å². The van der Waals surface area contributed by atoms with Crippen molar-refractivity contribution < 1.29 is 17.9 Å². The van der Waals surface area contributed by atoms with Crippen molar-refractivity contribution >= 4 is 44.8 Å². The van der Waals surface area contributed by atoms with Gasteiger partial charge in [0.15, 0.2) is 6.61 Å². The van der Waals surface area contributed by atoms with Crippen LogP contribution >= 0.6 is 23.2 Å². The average Bonchev–Trinajstić information content (AvgIpc) is 2.54. The van der Waals surface area contributed by atoms with Crippen molar-refractivity contribution in [2.75, 3.05) is 11.9 Å². The van der Waals surface area contributed by atoms with Gasteiger partial charge in [-0.2, -0.15) is 0 Å². The number of amides is 1. The van der Waals surface area contributed by atoms with Crippen molar-refractivity contribution in [3.8, 4) is 5.75 Å². The van der Waals surface area contributed by atoms with E-state index in [1.807, 2.05) is 0 Å². The minimum atomic E-state index is -4.06. The van der Waals surface area contributed by atoms with Crippen LogP contribution in [0.15, 0.2) is 51.9 Å². The summed E-state index contributed by atoms with van der Waals surface area (Å²) in [6.45, 7) is -0.305. The second-order valence-corrected chi connectivity index (χ2v) is 7.01. The Morgan fingerprint density at radius 2 is 1.88 bits per heavy atom. The molecule has 25 heavy (non-hydrogen) atoms. The van der Waals surface area contributed by atoms with Gasteiger partial charge in [0.1, 0.15) is 5.75 Å². The van der Waals surface area contributed by atoms with E-state index in [1.54, 1.807) is 6.07 Å². The molecule has 0 aromatic heterocycles. The van der Waals surface area contributed by atoms with Crippen LogP contribution in [0.5, 0.6) is 5.75 Å². The lowest BCUT2D eigenvalue weighted by Gasteiger charge is -2.09. The maximum Gasteiger partial charge on any atom is 0.264 e. The summed E-state index contributed by atoms with van der Waals surface area (Å²) in [6.07, 6.45) is 0. The molecule has 0 bridgehead atoms. The lowest BCUT2D eigenvalue weighted by molar-refractivity contribution is -0.118. The van der Waals surface area contributed by atoms with Gasteiger partial charge in [-0.25, -0.2) is 8.42 Å². The number of benzene rings is 2. The number of carbonyl (C=O) groups excluding carboxylic acids is 1. The molecule has 0 saturated heterocycles. The van der Waals surface area contributed by atoms with Gasteiger partial charge >= 0.3 is 0 Å². The van der Waals surface area contributed by atoms with E-state index in [2.05, 4.69) is 14.7 Å². The van der Waals surface area contributed by atoms with Crippen LogP contribution in [0, 0.1) is 0 Å². The van der Waals surface area contributed by atoms with Crippen LogP contribution in [0.25, 0.3) is 10.4 Å². The van der Waals surface area contributed by atoms with E-state index in [4.69, 9.17) is 33.5 Å². The molecule has 0 unspecified atom stereocenters. The number of rotatable bonds is 6. The third-order valence-electron chi connectivity index (χ3n) is 2.83. The molecule has 0 saturated carbocycles. The highest BCUT2D eigenvalue weighted by Crippen LogP contribution is 2.27. The first-order valence-electron chi connectivity index (χ1n) is 6.61. The Morgan fingerprint density at radius 1 is 1.20 bits per heavy atom. The Kier molecular flexibility index (Phi) is 6.11. The fourth-order valence-electron chi connectivity index (χ4n) is 1.74. The molecule has 130 valence electrons. The number of ether oxygens (including phenoxy) is 1. The summed E-state index contributed by atoms with van der Waals surface area (Å²) in [6, 6.07) is 9.71. The van der Waals surface area contributed by atoms with Gasteiger partial charge in [0.25, 0.3) is 15.9 Å². The predicted molar refractivity (Wildman–Crippen MR) is 93.4 cm³/mol. The second-order valence-electron chi connectivity index (χ2n) is 4.58. The first kappa shape index (κ1) is 18.9.